The van der Waals surface area contributed by atoms with Crippen LogP contribution in [-0.2, 0) is 16.0 Å². The van der Waals surface area contributed by atoms with Gasteiger partial charge in [0, 0.05) is 18.1 Å². The number of ether oxygens (including phenoxy) is 1. The molecule has 6 nitrogen and oxygen atoms in total. The predicted molar refractivity (Wildman–Crippen MR) is 80.5 cm³/mol. The molecule has 1 heterocycles. The van der Waals surface area contributed by atoms with Crippen LogP contribution < -0.4 is 15.4 Å². The molecule has 2 aromatic rings. The lowest BCUT2D eigenvalue weighted by atomic mass is 10.1. The van der Waals surface area contributed by atoms with Gasteiger partial charge in [0.15, 0.2) is 5.13 Å². The Morgan fingerprint density at radius 1 is 1.24 bits per heavy atom. The van der Waals surface area contributed by atoms with E-state index in [1.54, 1.807) is 18.7 Å². The van der Waals surface area contributed by atoms with Crippen molar-refractivity contribution >= 4 is 28.3 Å². The highest BCUT2D eigenvalue weighted by Gasteiger charge is 2.13. The number of aromatic nitrogens is 1. The van der Waals surface area contributed by atoms with Crippen molar-refractivity contribution in [3.05, 3.63) is 41.4 Å². The van der Waals surface area contributed by atoms with Crippen LogP contribution >= 0.6 is 11.3 Å². The topological polar surface area (TPSA) is 80.3 Å². The molecule has 0 spiro atoms. The van der Waals surface area contributed by atoms with Crippen LogP contribution in [0.4, 0.5) is 5.13 Å². The third kappa shape index (κ3) is 4.57. The van der Waals surface area contributed by atoms with E-state index in [1.807, 2.05) is 24.3 Å². The number of thiazole rings is 1. The summed E-state index contributed by atoms with van der Waals surface area (Å²) in [5, 5.41) is 7.12. The Labute approximate surface area is 126 Å². The number of benzene rings is 1. The zero-order chi connectivity index (χ0) is 15.1. The molecule has 2 N–H and O–H groups in total. The maximum Gasteiger partial charge on any atom is 0.315 e. The summed E-state index contributed by atoms with van der Waals surface area (Å²) in [4.78, 5) is 27.0. The summed E-state index contributed by atoms with van der Waals surface area (Å²) >= 11 is 1.26. The lowest BCUT2D eigenvalue weighted by Crippen LogP contribution is -2.36. The Kier molecular flexibility index (Phi) is 5.28. The van der Waals surface area contributed by atoms with Crippen LogP contribution in [0.5, 0.6) is 5.75 Å². The fraction of sp³-hybridized carbons (Fsp3) is 0.214. The second-order valence-corrected chi connectivity index (χ2v) is 5.04. The predicted octanol–water partition coefficient (Wildman–Crippen LogP) is 1.45. The van der Waals surface area contributed by atoms with Crippen LogP contribution in [-0.4, -0.2) is 30.5 Å². The molecule has 1 aromatic heterocycles. The van der Waals surface area contributed by atoms with Gasteiger partial charge < -0.3 is 10.1 Å². The van der Waals surface area contributed by atoms with Crippen LogP contribution in [0.1, 0.15) is 5.56 Å². The van der Waals surface area contributed by atoms with E-state index in [2.05, 4.69) is 15.6 Å². The molecule has 7 heteroatoms. The largest absolute Gasteiger partial charge is 0.497 e. The van der Waals surface area contributed by atoms with Gasteiger partial charge in [-0.05, 0) is 24.1 Å². The third-order valence-corrected chi connectivity index (χ3v) is 3.41. The molecule has 110 valence electrons. The lowest BCUT2D eigenvalue weighted by Gasteiger charge is -2.06. The summed E-state index contributed by atoms with van der Waals surface area (Å²) < 4.78 is 5.07. The molecule has 0 atom stereocenters. The fourth-order valence-corrected chi connectivity index (χ4v) is 2.16. The van der Waals surface area contributed by atoms with Gasteiger partial charge in [-0.15, -0.1) is 11.3 Å². The average Bonchev–Trinajstić information content (AvgIpc) is 3.00. The van der Waals surface area contributed by atoms with Crippen LogP contribution in [0.3, 0.4) is 0 Å². The molecule has 0 saturated heterocycles. The van der Waals surface area contributed by atoms with E-state index in [1.165, 1.54) is 11.3 Å². The minimum absolute atomic E-state index is 0.385. The summed E-state index contributed by atoms with van der Waals surface area (Å²) in [5.74, 6) is -0.594. The maximum absolute atomic E-state index is 11.6. The van der Waals surface area contributed by atoms with Crippen molar-refractivity contribution < 1.29 is 14.3 Å². The van der Waals surface area contributed by atoms with Crippen molar-refractivity contribution in [2.75, 3.05) is 19.0 Å². The van der Waals surface area contributed by atoms with E-state index >= 15 is 0 Å². The molecule has 2 amide bonds. The molecule has 21 heavy (non-hydrogen) atoms. The highest BCUT2D eigenvalue weighted by molar-refractivity contribution is 7.13. The van der Waals surface area contributed by atoms with E-state index in [0.29, 0.717) is 18.1 Å². The number of hydrogen-bond acceptors (Lipinski definition) is 5. The Bertz CT molecular complexity index is 596. The van der Waals surface area contributed by atoms with Crippen molar-refractivity contribution in [1.29, 1.82) is 0 Å². The minimum Gasteiger partial charge on any atom is -0.497 e. The van der Waals surface area contributed by atoms with E-state index in [4.69, 9.17) is 4.74 Å². The van der Waals surface area contributed by atoms with E-state index in [0.717, 1.165) is 11.3 Å². The zero-order valence-electron chi connectivity index (χ0n) is 11.5. The molecule has 0 aliphatic heterocycles. The molecule has 0 saturated carbocycles. The Morgan fingerprint density at radius 2 is 2.00 bits per heavy atom. The average molecular weight is 305 g/mol. The van der Waals surface area contributed by atoms with Crippen molar-refractivity contribution in [3.63, 3.8) is 0 Å². The number of carbonyl (C=O) groups excluding carboxylic acids is 2. The summed E-state index contributed by atoms with van der Waals surface area (Å²) in [6, 6.07) is 7.54. The van der Waals surface area contributed by atoms with Crippen molar-refractivity contribution in [3.8, 4) is 5.75 Å². The van der Waals surface area contributed by atoms with Crippen LogP contribution in [0.15, 0.2) is 35.8 Å². The Hall–Kier alpha value is -2.41. The first-order chi connectivity index (χ1) is 10.2. The number of rotatable bonds is 5. The third-order valence-electron chi connectivity index (χ3n) is 2.72. The minimum atomic E-state index is -0.709. The number of nitrogens with one attached hydrogen (secondary N) is 2. The number of hydrogen-bond donors (Lipinski definition) is 2. The molecule has 0 aliphatic carbocycles. The number of amides is 2. The highest BCUT2D eigenvalue weighted by Crippen LogP contribution is 2.11. The summed E-state index contributed by atoms with van der Waals surface area (Å²) in [5.41, 5.74) is 1.05. The van der Waals surface area contributed by atoms with Gasteiger partial charge in [0.05, 0.1) is 7.11 Å². The smallest absolute Gasteiger partial charge is 0.315 e. The van der Waals surface area contributed by atoms with E-state index < -0.39 is 11.8 Å². The van der Waals surface area contributed by atoms with Gasteiger partial charge >= 0.3 is 11.8 Å². The van der Waals surface area contributed by atoms with Gasteiger partial charge in [-0.1, -0.05) is 12.1 Å². The molecule has 2 rings (SSSR count). The molecule has 1 aromatic carbocycles. The van der Waals surface area contributed by atoms with Crippen LogP contribution in [0, 0.1) is 0 Å². The molecule has 0 unspecified atom stereocenters. The summed E-state index contributed by atoms with van der Waals surface area (Å²) in [6.45, 7) is 0.385. The Balaban J connectivity index is 1.74. The SMILES string of the molecule is COc1ccc(CCNC(=O)C(=O)Nc2nccs2)cc1. The van der Waals surface area contributed by atoms with Crippen molar-refractivity contribution in [2.45, 2.75) is 6.42 Å². The molecule has 0 radical (unpaired) electrons. The van der Waals surface area contributed by atoms with E-state index in [9.17, 15) is 9.59 Å². The highest BCUT2D eigenvalue weighted by atomic mass is 32.1. The quantitative estimate of drug-likeness (QED) is 0.819. The number of nitrogens with zero attached hydrogens (tertiary/aromatic N) is 1. The lowest BCUT2D eigenvalue weighted by molar-refractivity contribution is -0.136. The Morgan fingerprint density at radius 3 is 2.62 bits per heavy atom. The second kappa shape index (κ2) is 7.39. The monoisotopic (exact) mass is 305 g/mol. The molecular formula is C14H15N3O3S. The van der Waals surface area contributed by atoms with Crippen LogP contribution in [0.25, 0.3) is 0 Å². The first kappa shape index (κ1) is 15.0. The van der Waals surface area contributed by atoms with Crippen LogP contribution in [0.2, 0.25) is 0 Å². The number of anilines is 1. The fourth-order valence-electron chi connectivity index (χ4n) is 1.63. The number of methoxy groups -OCH3 is 1. The molecule has 0 fully saturated rings. The first-order valence-electron chi connectivity index (χ1n) is 6.30. The maximum atomic E-state index is 11.6. The van der Waals surface area contributed by atoms with Gasteiger partial charge in [-0.2, -0.15) is 0 Å². The molecular weight excluding hydrogens is 290 g/mol. The van der Waals surface area contributed by atoms with Gasteiger partial charge in [0.2, 0.25) is 0 Å². The second-order valence-electron chi connectivity index (χ2n) is 4.15. The van der Waals surface area contributed by atoms with Gasteiger partial charge in [0.1, 0.15) is 5.75 Å². The summed E-state index contributed by atoms with van der Waals surface area (Å²) in [7, 11) is 1.61. The molecule has 0 aliphatic rings. The number of carbonyl (C=O) groups is 2. The standard InChI is InChI=1S/C14H15N3O3S/c1-20-11-4-2-10(3-5-11)6-7-15-12(18)13(19)17-14-16-8-9-21-14/h2-5,8-9H,6-7H2,1H3,(H,15,18)(H,16,17,19). The van der Waals surface area contributed by atoms with Crippen molar-refractivity contribution in [1.82, 2.24) is 10.3 Å². The normalized spacial score (nSPS) is 9.95. The van der Waals surface area contributed by atoms with Gasteiger partial charge in [-0.25, -0.2) is 4.98 Å². The zero-order valence-corrected chi connectivity index (χ0v) is 12.3. The van der Waals surface area contributed by atoms with E-state index in [-0.39, 0.29) is 0 Å². The van der Waals surface area contributed by atoms with Gasteiger partial charge in [0.25, 0.3) is 0 Å². The van der Waals surface area contributed by atoms with Crippen molar-refractivity contribution in [2.24, 2.45) is 0 Å². The van der Waals surface area contributed by atoms with Gasteiger partial charge in [-0.3, -0.25) is 14.9 Å². The summed E-state index contributed by atoms with van der Waals surface area (Å²) in [6.07, 6.45) is 2.20. The molecule has 0 bridgehead atoms. The first-order valence-corrected chi connectivity index (χ1v) is 7.18.